The molecule has 0 radical (unpaired) electrons. The maximum absolute atomic E-state index is 10.4. The van der Waals surface area contributed by atoms with Crippen LogP contribution >= 0.6 is 11.8 Å². The molecule has 0 fully saturated rings. The average molecular weight is 241 g/mol. The van der Waals surface area contributed by atoms with Crippen LogP contribution in [-0.4, -0.2) is 12.3 Å². The van der Waals surface area contributed by atoms with E-state index in [9.17, 15) is 4.79 Å². The van der Waals surface area contributed by atoms with Crippen molar-refractivity contribution < 1.29 is 4.79 Å². The highest BCUT2D eigenvalue weighted by Crippen LogP contribution is 2.30. The first-order valence-electron chi connectivity index (χ1n) is 5.16. The minimum Gasteiger partial charge on any atom is -0.211 e. The van der Waals surface area contributed by atoms with E-state index < -0.39 is 0 Å². The summed E-state index contributed by atoms with van der Waals surface area (Å²) < 4.78 is 0. The predicted molar refractivity (Wildman–Crippen MR) is 71.4 cm³/mol. The summed E-state index contributed by atoms with van der Waals surface area (Å²) in [4.78, 5) is 15.3. The van der Waals surface area contributed by atoms with E-state index in [1.54, 1.807) is 17.8 Å². The van der Waals surface area contributed by atoms with Crippen molar-refractivity contribution in [1.82, 2.24) is 0 Å². The van der Waals surface area contributed by atoms with E-state index in [0.29, 0.717) is 5.69 Å². The first-order valence-corrected chi connectivity index (χ1v) is 6.39. The number of para-hydroxylation sites is 1. The molecule has 0 aromatic heterocycles. The lowest BCUT2D eigenvalue weighted by Gasteiger charge is -2.05. The minimum atomic E-state index is 0.652. The van der Waals surface area contributed by atoms with E-state index in [-0.39, 0.29) is 0 Å². The van der Waals surface area contributed by atoms with Gasteiger partial charge in [-0.3, -0.25) is 0 Å². The fraction of sp³-hybridized carbons (Fsp3) is 0.0714. The summed E-state index contributed by atoms with van der Waals surface area (Å²) in [6.07, 6.45) is 3.63. The monoisotopic (exact) mass is 241 g/mol. The second-order valence-corrected chi connectivity index (χ2v) is 4.33. The molecule has 0 saturated carbocycles. The lowest BCUT2D eigenvalue weighted by atomic mass is 10.0. The molecule has 3 heteroatoms. The Balaban J connectivity index is 2.48. The number of thioether (sulfide) groups is 1. The molecule has 0 aliphatic heterocycles. The molecular weight excluding hydrogens is 230 g/mol. The van der Waals surface area contributed by atoms with Gasteiger partial charge in [0.25, 0.3) is 0 Å². The molecule has 2 rings (SSSR count). The van der Waals surface area contributed by atoms with Crippen LogP contribution in [0.3, 0.4) is 0 Å². The molecule has 0 bridgehead atoms. The van der Waals surface area contributed by atoms with Crippen LogP contribution in [0, 0.1) is 0 Å². The molecule has 84 valence electrons. The van der Waals surface area contributed by atoms with Gasteiger partial charge < -0.3 is 0 Å². The molecule has 0 atom stereocenters. The lowest BCUT2D eigenvalue weighted by Crippen LogP contribution is -1.79. The van der Waals surface area contributed by atoms with Crippen molar-refractivity contribution in [2.45, 2.75) is 4.90 Å². The Kier molecular flexibility index (Phi) is 3.76. The van der Waals surface area contributed by atoms with Crippen molar-refractivity contribution in [2.24, 2.45) is 4.99 Å². The average Bonchev–Trinajstić information content (AvgIpc) is 2.40. The molecule has 0 heterocycles. The Hall–Kier alpha value is -1.83. The molecule has 2 aromatic rings. The number of hydrogen-bond acceptors (Lipinski definition) is 3. The normalized spacial score (nSPS) is 9.71. The van der Waals surface area contributed by atoms with E-state index in [4.69, 9.17) is 0 Å². The van der Waals surface area contributed by atoms with E-state index in [1.165, 1.54) is 4.90 Å². The van der Waals surface area contributed by atoms with Gasteiger partial charge in [0.2, 0.25) is 6.08 Å². The Labute approximate surface area is 104 Å². The van der Waals surface area contributed by atoms with E-state index in [1.807, 2.05) is 42.7 Å². The third-order valence-electron chi connectivity index (χ3n) is 2.47. The van der Waals surface area contributed by atoms with Gasteiger partial charge in [-0.25, -0.2) is 4.79 Å². The van der Waals surface area contributed by atoms with Crippen LogP contribution in [-0.2, 0) is 4.79 Å². The van der Waals surface area contributed by atoms with E-state index >= 15 is 0 Å². The number of isocyanates is 1. The van der Waals surface area contributed by atoms with Gasteiger partial charge >= 0.3 is 0 Å². The second-order valence-electron chi connectivity index (χ2n) is 3.45. The highest BCUT2D eigenvalue weighted by atomic mass is 32.2. The molecule has 0 spiro atoms. The Morgan fingerprint density at radius 1 is 1.06 bits per heavy atom. The highest BCUT2D eigenvalue weighted by Gasteiger charge is 2.03. The van der Waals surface area contributed by atoms with Gasteiger partial charge in [0, 0.05) is 10.5 Å². The maximum atomic E-state index is 10.4. The Morgan fingerprint density at radius 3 is 2.41 bits per heavy atom. The molecule has 2 nitrogen and oxygen atoms in total. The van der Waals surface area contributed by atoms with Gasteiger partial charge in [-0.2, -0.15) is 4.99 Å². The van der Waals surface area contributed by atoms with Gasteiger partial charge in [-0.15, -0.1) is 11.8 Å². The number of rotatable bonds is 3. The molecule has 0 N–H and O–H groups in total. The van der Waals surface area contributed by atoms with Crippen LogP contribution in [0.1, 0.15) is 0 Å². The van der Waals surface area contributed by atoms with Crippen LogP contribution in [0.25, 0.3) is 11.1 Å². The molecule has 17 heavy (non-hydrogen) atoms. The number of nitrogens with zero attached hydrogens (tertiary/aromatic N) is 1. The van der Waals surface area contributed by atoms with Crippen molar-refractivity contribution >= 4 is 23.5 Å². The van der Waals surface area contributed by atoms with E-state index in [0.717, 1.165) is 11.1 Å². The second kappa shape index (κ2) is 5.48. The zero-order chi connectivity index (χ0) is 12.1. The fourth-order valence-corrected chi connectivity index (χ4v) is 2.04. The van der Waals surface area contributed by atoms with Crippen LogP contribution < -0.4 is 0 Å². The van der Waals surface area contributed by atoms with Crippen LogP contribution in [0.4, 0.5) is 5.69 Å². The maximum Gasteiger partial charge on any atom is 0.240 e. The van der Waals surface area contributed by atoms with E-state index in [2.05, 4.69) is 17.1 Å². The van der Waals surface area contributed by atoms with Crippen molar-refractivity contribution in [3.05, 3.63) is 48.5 Å². The molecule has 0 amide bonds. The quantitative estimate of drug-likeness (QED) is 0.461. The highest BCUT2D eigenvalue weighted by molar-refractivity contribution is 7.98. The summed E-state index contributed by atoms with van der Waals surface area (Å²) in [7, 11) is 0. The SMILES string of the molecule is CSc1ccc(-c2ccccc2N=C=O)cc1. The number of carbonyl (C=O) groups excluding carboxylic acids is 1. The lowest BCUT2D eigenvalue weighted by molar-refractivity contribution is 0.565. The van der Waals surface area contributed by atoms with Crippen LogP contribution in [0.2, 0.25) is 0 Å². The first-order chi connectivity index (χ1) is 8.35. The van der Waals surface area contributed by atoms with Crippen molar-refractivity contribution in [2.75, 3.05) is 6.26 Å². The summed E-state index contributed by atoms with van der Waals surface area (Å²) in [6, 6.07) is 15.7. The summed E-state index contributed by atoms with van der Waals surface area (Å²) in [5, 5.41) is 0. The Bertz CT molecular complexity index is 557. The molecule has 0 saturated heterocycles. The third-order valence-corrected chi connectivity index (χ3v) is 3.21. The molecule has 0 aliphatic carbocycles. The smallest absolute Gasteiger partial charge is 0.211 e. The Morgan fingerprint density at radius 2 is 1.76 bits per heavy atom. The van der Waals surface area contributed by atoms with Crippen LogP contribution in [0.5, 0.6) is 0 Å². The summed E-state index contributed by atoms with van der Waals surface area (Å²) in [5.41, 5.74) is 2.65. The van der Waals surface area contributed by atoms with Crippen molar-refractivity contribution in [3.63, 3.8) is 0 Å². The third kappa shape index (κ3) is 2.64. The van der Waals surface area contributed by atoms with Crippen LogP contribution in [0.15, 0.2) is 58.4 Å². The van der Waals surface area contributed by atoms with Gasteiger partial charge in [0.05, 0.1) is 5.69 Å². The largest absolute Gasteiger partial charge is 0.240 e. The molecule has 2 aromatic carbocycles. The van der Waals surface area contributed by atoms with Gasteiger partial charge in [0.15, 0.2) is 0 Å². The molecule has 0 unspecified atom stereocenters. The summed E-state index contributed by atoms with van der Waals surface area (Å²) in [5.74, 6) is 0. The first kappa shape index (κ1) is 11.6. The summed E-state index contributed by atoms with van der Waals surface area (Å²) >= 11 is 1.70. The fourth-order valence-electron chi connectivity index (χ4n) is 1.63. The van der Waals surface area contributed by atoms with Gasteiger partial charge in [-0.05, 0) is 30.0 Å². The zero-order valence-electron chi connectivity index (χ0n) is 9.38. The predicted octanol–water partition coefficient (Wildman–Crippen LogP) is 4.04. The van der Waals surface area contributed by atoms with Gasteiger partial charge in [0.1, 0.15) is 0 Å². The van der Waals surface area contributed by atoms with Crippen molar-refractivity contribution in [1.29, 1.82) is 0 Å². The van der Waals surface area contributed by atoms with Crippen molar-refractivity contribution in [3.8, 4) is 11.1 Å². The molecule has 0 aliphatic rings. The zero-order valence-corrected chi connectivity index (χ0v) is 10.2. The topological polar surface area (TPSA) is 29.4 Å². The number of benzene rings is 2. The standard InChI is InChI=1S/C14H11NOS/c1-17-12-8-6-11(7-9-12)13-4-2-3-5-14(13)15-10-16/h2-9H,1H3. The minimum absolute atomic E-state index is 0.652. The number of hydrogen-bond donors (Lipinski definition) is 0. The number of aliphatic imine (C=N–C) groups is 1. The molecular formula is C14H11NOS. The van der Waals surface area contributed by atoms with Gasteiger partial charge in [-0.1, -0.05) is 30.3 Å². The summed E-state index contributed by atoms with van der Waals surface area (Å²) in [6.45, 7) is 0.